The fraction of sp³-hybridized carbons (Fsp3) is 0.588. The van der Waals surface area contributed by atoms with Crippen molar-refractivity contribution in [2.24, 2.45) is 0 Å². The fourth-order valence-corrected chi connectivity index (χ4v) is 4.62. The number of rotatable bonds is 6. The highest BCUT2D eigenvalue weighted by atomic mass is 32.2. The molecular formula is C17H24N4OS2. The zero-order valence-electron chi connectivity index (χ0n) is 14.0. The van der Waals surface area contributed by atoms with E-state index in [9.17, 15) is 4.79 Å². The summed E-state index contributed by atoms with van der Waals surface area (Å²) in [5.74, 6) is 1.40. The van der Waals surface area contributed by atoms with E-state index in [0.29, 0.717) is 11.8 Å². The number of thioether (sulfide) groups is 1. The molecule has 1 saturated carbocycles. The molecule has 1 aliphatic rings. The maximum atomic E-state index is 12.2. The van der Waals surface area contributed by atoms with Gasteiger partial charge in [-0.3, -0.25) is 4.79 Å². The molecule has 1 aliphatic carbocycles. The Morgan fingerprint density at radius 3 is 2.79 bits per heavy atom. The number of carbonyl (C=O) groups is 1. The topological polar surface area (TPSA) is 59.8 Å². The number of aromatic nitrogens is 3. The molecule has 0 aromatic carbocycles. The summed E-state index contributed by atoms with van der Waals surface area (Å²) in [7, 11) is 0. The third kappa shape index (κ3) is 4.39. The van der Waals surface area contributed by atoms with Gasteiger partial charge in [-0.2, -0.15) is 0 Å². The van der Waals surface area contributed by atoms with Crippen molar-refractivity contribution in [3.05, 3.63) is 17.5 Å². The van der Waals surface area contributed by atoms with Gasteiger partial charge in [-0.15, -0.1) is 21.5 Å². The Balaban J connectivity index is 1.57. The number of amides is 1. The second kappa shape index (κ2) is 8.67. The van der Waals surface area contributed by atoms with Crippen LogP contribution in [0.25, 0.3) is 10.7 Å². The molecule has 0 spiro atoms. The van der Waals surface area contributed by atoms with E-state index in [-0.39, 0.29) is 5.91 Å². The number of nitrogens with zero attached hydrogens (tertiary/aromatic N) is 3. The highest BCUT2D eigenvalue weighted by Crippen LogP contribution is 2.27. The van der Waals surface area contributed by atoms with Crippen molar-refractivity contribution in [2.45, 2.75) is 63.2 Å². The molecule has 24 heavy (non-hydrogen) atoms. The number of thiophene rings is 1. The van der Waals surface area contributed by atoms with Gasteiger partial charge in [0.15, 0.2) is 11.0 Å². The van der Waals surface area contributed by atoms with Gasteiger partial charge in [0.1, 0.15) is 0 Å². The number of hydrogen-bond donors (Lipinski definition) is 1. The first kappa shape index (κ1) is 17.5. The third-order valence-corrected chi connectivity index (χ3v) is 6.16. The summed E-state index contributed by atoms with van der Waals surface area (Å²) in [6, 6.07) is 4.42. The van der Waals surface area contributed by atoms with E-state index in [1.165, 1.54) is 37.4 Å². The van der Waals surface area contributed by atoms with Gasteiger partial charge < -0.3 is 9.88 Å². The zero-order chi connectivity index (χ0) is 16.8. The first-order valence-corrected chi connectivity index (χ1v) is 10.5. The molecule has 5 nitrogen and oxygen atoms in total. The zero-order valence-corrected chi connectivity index (χ0v) is 15.7. The lowest BCUT2D eigenvalue weighted by Gasteiger charge is -2.15. The van der Waals surface area contributed by atoms with E-state index >= 15 is 0 Å². The number of nitrogens with one attached hydrogen (secondary N) is 1. The van der Waals surface area contributed by atoms with Crippen molar-refractivity contribution in [1.29, 1.82) is 0 Å². The van der Waals surface area contributed by atoms with Crippen molar-refractivity contribution >= 4 is 29.0 Å². The summed E-state index contributed by atoms with van der Waals surface area (Å²) in [5.41, 5.74) is 0. The van der Waals surface area contributed by atoms with Gasteiger partial charge in [0.2, 0.25) is 5.91 Å². The van der Waals surface area contributed by atoms with Crippen molar-refractivity contribution in [3.63, 3.8) is 0 Å². The molecule has 0 atom stereocenters. The van der Waals surface area contributed by atoms with Gasteiger partial charge in [-0.25, -0.2) is 0 Å². The summed E-state index contributed by atoms with van der Waals surface area (Å²) >= 11 is 3.13. The highest BCUT2D eigenvalue weighted by molar-refractivity contribution is 7.99. The monoisotopic (exact) mass is 364 g/mol. The van der Waals surface area contributed by atoms with E-state index in [4.69, 9.17) is 0 Å². The predicted octanol–water partition coefficient (Wildman–Crippen LogP) is 3.96. The molecule has 3 rings (SSSR count). The summed E-state index contributed by atoms with van der Waals surface area (Å²) in [4.78, 5) is 13.4. The molecule has 0 radical (unpaired) electrons. The van der Waals surface area contributed by atoms with Crippen molar-refractivity contribution in [2.75, 3.05) is 5.75 Å². The molecule has 2 heterocycles. The van der Waals surface area contributed by atoms with Gasteiger partial charge in [0, 0.05) is 12.6 Å². The molecule has 130 valence electrons. The van der Waals surface area contributed by atoms with Crippen LogP contribution in [0.1, 0.15) is 45.4 Å². The van der Waals surface area contributed by atoms with Gasteiger partial charge >= 0.3 is 0 Å². The average Bonchev–Trinajstić information content (AvgIpc) is 3.18. The van der Waals surface area contributed by atoms with Crippen LogP contribution in [0.3, 0.4) is 0 Å². The minimum absolute atomic E-state index is 0.107. The second-order valence-corrected chi connectivity index (χ2v) is 7.96. The molecule has 0 saturated heterocycles. The number of carbonyl (C=O) groups excluding carboxylic acids is 1. The smallest absolute Gasteiger partial charge is 0.230 e. The van der Waals surface area contributed by atoms with Crippen LogP contribution in [0.5, 0.6) is 0 Å². The molecule has 0 unspecified atom stereocenters. The van der Waals surface area contributed by atoms with Crippen molar-refractivity contribution in [1.82, 2.24) is 20.1 Å². The summed E-state index contributed by atoms with van der Waals surface area (Å²) in [6.45, 7) is 2.88. The first-order valence-electron chi connectivity index (χ1n) is 8.67. The Hall–Kier alpha value is -1.34. The van der Waals surface area contributed by atoms with Crippen LogP contribution in [0.15, 0.2) is 22.7 Å². The Morgan fingerprint density at radius 1 is 1.33 bits per heavy atom. The predicted molar refractivity (Wildman–Crippen MR) is 99.4 cm³/mol. The largest absolute Gasteiger partial charge is 0.353 e. The molecular weight excluding hydrogens is 340 g/mol. The van der Waals surface area contributed by atoms with Crippen LogP contribution < -0.4 is 5.32 Å². The van der Waals surface area contributed by atoms with Gasteiger partial charge in [0.25, 0.3) is 0 Å². The Kier molecular flexibility index (Phi) is 6.31. The maximum Gasteiger partial charge on any atom is 0.230 e. The Bertz CT molecular complexity index is 646. The molecule has 0 aliphatic heterocycles. The van der Waals surface area contributed by atoms with Crippen LogP contribution >= 0.6 is 23.1 Å². The molecule has 1 amide bonds. The molecule has 2 aromatic rings. The van der Waals surface area contributed by atoms with Crippen LogP contribution in [-0.2, 0) is 11.3 Å². The average molecular weight is 365 g/mol. The van der Waals surface area contributed by atoms with Gasteiger partial charge in [-0.1, -0.05) is 43.5 Å². The van der Waals surface area contributed by atoms with Crippen LogP contribution in [0.4, 0.5) is 0 Å². The molecule has 7 heteroatoms. The lowest BCUT2D eigenvalue weighted by atomic mass is 10.1. The number of hydrogen-bond acceptors (Lipinski definition) is 5. The highest BCUT2D eigenvalue weighted by Gasteiger charge is 2.17. The van der Waals surface area contributed by atoms with E-state index in [1.54, 1.807) is 11.3 Å². The Morgan fingerprint density at radius 2 is 2.12 bits per heavy atom. The van der Waals surface area contributed by atoms with E-state index in [1.807, 2.05) is 17.5 Å². The SMILES string of the molecule is CCn1c(SCC(=O)NC2CCCCCC2)nnc1-c1cccs1. The summed E-state index contributed by atoms with van der Waals surface area (Å²) in [6.07, 6.45) is 7.28. The lowest BCUT2D eigenvalue weighted by molar-refractivity contribution is -0.119. The standard InChI is InChI=1S/C17H24N4OS2/c1-2-21-16(14-10-7-11-23-14)19-20-17(21)24-12-15(22)18-13-8-5-3-4-6-9-13/h7,10-11,13H,2-6,8-9,12H2,1H3,(H,18,22). The van der Waals surface area contributed by atoms with E-state index in [0.717, 1.165) is 35.2 Å². The maximum absolute atomic E-state index is 12.2. The minimum Gasteiger partial charge on any atom is -0.353 e. The molecule has 0 bridgehead atoms. The Labute approximate surface area is 151 Å². The minimum atomic E-state index is 0.107. The van der Waals surface area contributed by atoms with Gasteiger partial charge in [-0.05, 0) is 31.2 Å². The summed E-state index contributed by atoms with van der Waals surface area (Å²) < 4.78 is 2.08. The van der Waals surface area contributed by atoms with Crippen molar-refractivity contribution in [3.8, 4) is 10.7 Å². The van der Waals surface area contributed by atoms with Crippen molar-refractivity contribution < 1.29 is 4.79 Å². The second-order valence-electron chi connectivity index (χ2n) is 6.07. The van der Waals surface area contributed by atoms with E-state index < -0.39 is 0 Å². The molecule has 2 aromatic heterocycles. The normalized spacial score (nSPS) is 16.0. The quantitative estimate of drug-likeness (QED) is 0.623. The van der Waals surface area contributed by atoms with E-state index in [2.05, 4.69) is 27.0 Å². The third-order valence-electron chi connectivity index (χ3n) is 4.33. The lowest BCUT2D eigenvalue weighted by Crippen LogP contribution is -2.35. The van der Waals surface area contributed by atoms with Crippen LogP contribution in [0.2, 0.25) is 0 Å². The van der Waals surface area contributed by atoms with Crippen LogP contribution in [-0.4, -0.2) is 32.5 Å². The summed E-state index contributed by atoms with van der Waals surface area (Å²) in [5, 5.41) is 14.6. The fourth-order valence-electron chi connectivity index (χ4n) is 3.09. The first-order chi connectivity index (χ1) is 11.8. The molecule has 1 N–H and O–H groups in total. The van der Waals surface area contributed by atoms with Gasteiger partial charge in [0.05, 0.1) is 10.6 Å². The van der Waals surface area contributed by atoms with Crippen LogP contribution in [0, 0.1) is 0 Å². The molecule has 1 fully saturated rings.